The first-order chi connectivity index (χ1) is 18.2. The minimum Gasteiger partial charge on any atom is -0.477 e. The third kappa shape index (κ3) is 5.81. The maximum atomic E-state index is 13.3. The van der Waals surface area contributed by atoms with Crippen LogP contribution in [0, 0.1) is 0 Å². The number of aromatic nitrogens is 4. The van der Waals surface area contributed by atoms with Gasteiger partial charge in [-0.2, -0.15) is 23.4 Å². The van der Waals surface area contributed by atoms with E-state index in [0.29, 0.717) is 37.8 Å². The van der Waals surface area contributed by atoms with Crippen LogP contribution >= 0.6 is 0 Å². The molecule has 1 N–H and O–H groups in total. The largest absolute Gasteiger partial charge is 0.477 e. The second-order valence-corrected chi connectivity index (χ2v) is 10.0. The number of carbonyl (C=O) groups is 1. The summed E-state index contributed by atoms with van der Waals surface area (Å²) in [5.41, 5.74) is 3.54. The SMILES string of the molecule is CCN1C(=O)NC(CCC(F)(F)F)C/C=C/CCOc2cc(cc3ccnn23)-n2nc(cc2C2CC2)C1C. The Morgan fingerprint density at radius 2 is 2.00 bits per heavy atom. The second kappa shape index (κ2) is 10.7. The van der Waals surface area contributed by atoms with E-state index in [1.165, 1.54) is 0 Å². The minimum atomic E-state index is -4.29. The van der Waals surface area contributed by atoms with Crippen LogP contribution in [0.2, 0.25) is 0 Å². The first kappa shape index (κ1) is 26.1. The molecule has 38 heavy (non-hydrogen) atoms. The third-order valence-electron chi connectivity index (χ3n) is 7.17. The summed E-state index contributed by atoms with van der Waals surface area (Å²) in [5, 5.41) is 12.2. The van der Waals surface area contributed by atoms with E-state index in [1.807, 2.05) is 54.9 Å². The lowest BCUT2D eigenvalue weighted by atomic mass is 10.1. The van der Waals surface area contributed by atoms with Crippen LogP contribution in [0.15, 0.2) is 42.6 Å². The average Bonchev–Trinajstić information content (AvgIpc) is 3.43. The molecule has 2 amide bonds. The molecule has 11 heteroatoms. The Bertz CT molecular complexity index is 1310. The summed E-state index contributed by atoms with van der Waals surface area (Å²) < 4.78 is 48.7. The van der Waals surface area contributed by atoms with E-state index in [-0.39, 0.29) is 12.5 Å². The lowest BCUT2D eigenvalue weighted by Gasteiger charge is -2.29. The molecular weight excluding hydrogens is 497 g/mol. The molecule has 5 rings (SSSR count). The Balaban J connectivity index is 1.52. The maximum Gasteiger partial charge on any atom is 0.389 e. The molecule has 0 aromatic carbocycles. The van der Waals surface area contributed by atoms with Crippen molar-refractivity contribution in [1.82, 2.24) is 29.6 Å². The lowest BCUT2D eigenvalue weighted by molar-refractivity contribution is -0.136. The molecule has 1 aliphatic heterocycles. The van der Waals surface area contributed by atoms with Crippen molar-refractivity contribution >= 4 is 11.5 Å². The zero-order valence-electron chi connectivity index (χ0n) is 21.6. The Hall–Kier alpha value is -3.50. The van der Waals surface area contributed by atoms with Crippen LogP contribution in [0.4, 0.5) is 18.0 Å². The highest BCUT2D eigenvalue weighted by Gasteiger charge is 2.33. The number of urea groups is 1. The number of carbonyl (C=O) groups excluding carboxylic acids is 1. The van der Waals surface area contributed by atoms with Crippen molar-refractivity contribution in [3.8, 4) is 11.6 Å². The van der Waals surface area contributed by atoms with Gasteiger partial charge in [-0.15, -0.1) is 0 Å². The molecule has 1 aliphatic carbocycles. The fourth-order valence-corrected chi connectivity index (χ4v) is 4.92. The van der Waals surface area contributed by atoms with Crippen LogP contribution in [-0.2, 0) is 0 Å². The Morgan fingerprint density at radius 3 is 2.74 bits per heavy atom. The molecule has 0 saturated heterocycles. The van der Waals surface area contributed by atoms with Crippen LogP contribution < -0.4 is 10.1 Å². The summed E-state index contributed by atoms with van der Waals surface area (Å²) in [6, 6.07) is 6.49. The monoisotopic (exact) mass is 530 g/mol. The van der Waals surface area contributed by atoms with Gasteiger partial charge in [0.2, 0.25) is 5.88 Å². The van der Waals surface area contributed by atoms with E-state index in [4.69, 9.17) is 9.84 Å². The topological polar surface area (TPSA) is 76.7 Å². The lowest BCUT2D eigenvalue weighted by Crippen LogP contribution is -2.46. The van der Waals surface area contributed by atoms with Crippen LogP contribution in [0.25, 0.3) is 11.2 Å². The number of ether oxygens (including phenoxy) is 1. The fraction of sp³-hybridized carbons (Fsp3) is 0.519. The van der Waals surface area contributed by atoms with Crippen LogP contribution in [0.3, 0.4) is 0 Å². The molecule has 4 heterocycles. The number of pyridine rings is 1. The highest BCUT2D eigenvalue weighted by molar-refractivity contribution is 5.75. The van der Waals surface area contributed by atoms with Crippen LogP contribution in [0.5, 0.6) is 5.88 Å². The number of hydrogen-bond acceptors (Lipinski definition) is 4. The zero-order chi connectivity index (χ0) is 26.9. The van der Waals surface area contributed by atoms with Crippen LogP contribution in [0.1, 0.15) is 75.7 Å². The molecule has 2 aliphatic rings. The quantitative estimate of drug-likeness (QED) is 0.424. The van der Waals surface area contributed by atoms with Gasteiger partial charge in [0.1, 0.15) is 0 Å². The highest BCUT2D eigenvalue weighted by atomic mass is 19.4. The number of fused-ring (bicyclic) bond motifs is 7. The van der Waals surface area contributed by atoms with Gasteiger partial charge in [0.25, 0.3) is 0 Å². The first-order valence-electron chi connectivity index (χ1n) is 13.2. The van der Waals surface area contributed by atoms with Gasteiger partial charge in [0, 0.05) is 36.7 Å². The molecule has 204 valence electrons. The molecule has 0 spiro atoms. The van der Waals surface area contributed by atoms with Gasteiger partial charge < -0.3 is 15.0 Å². The number of hydrogen-bond donors (Lipinski definition) is 1. The Morgan fingerprint density at radius 1 is 1.18 bits per heavy atom. The van der Waals surface area contributed by atoms with Crippen LogP contribution in [-0.4, -0.2) is 55.7 Å². The van der Waals surface area contributed by atoms with E-state index < -0.39 is 24.7 Å². The van der Waals surface area contributed by atoms with Crippen molar-refractivity contribution in [3.63, 3.8) is 0 Å². The number of nitrogens with zero attached hydrogens (tertiary/aromatic N) is 5. The predicted octanol–water partition coefficient (Wildman–Crippen LogP) is 5.93. The normalized spacial score (nSPS) is 22.1. The van der Waals surface area contributed by atoms with Crippen molar-refractivity contribution in [2.24, 2.45) is 0 Å². The van der Waals surface area contributed by atoms with Crippen molar-refractivity contribution < 1.29 is 22.7 Å². The molecule has 3 aromatic heterocycles. The van der Waals surface area contributed by atoms with Gasteiger partial charge in [0.15, 0.2) is 0 Å². The van der Waals surface area contributed by atoms with Crippen molar-refractivity contribution in [1.29, 1.82) is 0 Å². The van der Waals surface area contributed by atoms with Gasteiger partial charge >= 0.3 is 12.2 Å². The van der Waals surface area contributed by atoms with E-state index in [9.17, 15) is 18.0 Å². The molecule has 1 fully saturated rings. The standard InChI is InChI=1S/C27H33F3N6O2/c1-3-34-18(2)23-17-24(19-8-9-19)35(33-23)22-15-21-11-13-31-36(21)25(16-22)38-14-6-4-5-7-20(32-26(34)37)10-12-27(28,29)30/h4-5,11,13,15-20H,3,6-10,12,14H2,1-2H3,(H,32,37)/b5-4+. The number of halogens is 3. The fourth-order valence-electron chi connectivity index (χ4n) is 4.92. The van der Waals surface area contributed by atoms with Gasteiger partial charge in [-0.05, 0) is 64.2 Å². The molecule has 1 saturated carbocycles. The Kier molecular flexibility index (Phi) is 7.36. The second-order valence-electron chi connectivity index (χ2n) is 10.0. The zero-order valence-corrected chi connectivity index (χ0v) is 21.6. The molecular formula is C27H33F3N6O2. The van der Waals surface area contributed by atoms with Gasteiger partial charge in [0.05, 0.1) is 35.7 Å². The average molecular weight is 531 g/mol. The summed E-state index contributed by atoms with van der Waals surface area (Å²) in [6.45, 7) is 4.52. The molecule has 2 unspecified atom stereocenters. The summed E-state index contributed by atoms with van der Waals surface area (Å²) in [7, 11) is 0. The third-order valence-corrected chi connectivity index (χ3v) is 7.17. The maximum absolute atomic E-state index is 13.3. The van der Waals surface area contributed by atoms with E-state index >= 15 is 0 Å². The number of rotatable bonds is 4. The summed E-state index contributed by atoms with van der Waals surface area (Å²) in [6.07, 6.45) is 2.97. The molecule has 0 radical (unpaired) electrons. The van der Waals surface area contributed by atoms with Gasteiger partial charge in [-0.3, -0.25) is 0 Å². The van der Waals surface area contributed by atoms with Crippen molar-refractivity contribution in [3.05, 3.63) is 54.0 Å². The van der Waals surface area contributed by atoms with Crippen molar-refractivity contribution in [2.45, 2.75) is 76.6 Å². The van der Waals surface area contributed by atoms with Crippen molar-refractivity contribution in [2.75, 3.05) is 13.2 Å². The van der Waals surface area contributed by atoms with Gasteiger partial charge in [-0.25, -0.2) is 14.0 Å². The molecule has 3 aromatic rings. The first-order valence-corrected chi connectivity index (χ1v) is 13.2. The molecule has 8 nitrogen and oxygen atoms in total. The van der Waals surface area contributed by atoms with E-state index in [2.05, 4.69) is 10.4 Å². The number of alkyl halides is 3. The van der Waals surface area contributed by atoms with Gasteiger partial charge in [-0.1, -0.05) is 12.2 Å². The predicted molar refractivity (Wildman–Crippen MR) is 137 cm³/mol. The molecule has 2 atom stereocenters. The summed E-state index contributed by atoms with van der Waals surface area (Å²) >= 11 is 0. The number of amides is 2. The minimum absolute atomic E-state index is 0.189. The summed E-state index contributed by atoms with van der Waals surface area (Å²) in [5.74, 6) is 0.975. The van der Waals surface area contributed by atoms with E-state index in [1.54, 1.807) is 15.6 Å². The number of nitrogens with one attached hydrogen (secondary N) is 1. The Labute approximate surface area is 219 Å². The van der Waals surface area contributed by atoms with E-state index in [0.717, 1.165) is 35.4 Å². The summed E-state index contributed by atoms with van der Waals surface area (Å²) in [4.78, 5) is 14.9. The smallest absolute Gasteiger partial charge is 0.389 e. The highest BCUT2D eigenvalue weighted by Crippen LogP contribution is 2.42. The molecule has 4 bridgehead atoms.